The lowest BCUT2D eigenvalue weighted by Crippen LogP contribution is -2.33. The highest BCUT2D eigenvalue weighted by molar-refractivity contribution is 5.86. The van der Waals surface area contributed by atoms with E-state index < -0.39 is 0 Å². The van der Waals surface area contributed by atoms with Crippen LogP contribution in [0.3, 0.4) is 0 Å². The van der Waals surface area contributed by atoms with Crippen LogP contribution >= 0.6 is 0 Å². The SMILES string of the molecule is CC(C)N1CC(C(=O)OCCCc2nc(-c3cccnc3)no2)CC1=O. The zero-order valence-corrected chi connectivity index (χ0v) is 14.9. The van der Waals surface area contributed by atoms with Gasteiger partial charge in [0, 0.05) is 43.4 Å². The minimum atomic E-state index is -0.370. The molecule has 0 spiro atoms. The number of hydrogen-bond acceptors (Lipinski definition) is 7. The van der Waals surface area contributed by atoms with Gasteiger partial charge in [-0.05, 0) is 32.4 Å². The number of carbonyl (C=O) groups excluding carboxylic acids is 2. The lowest BCUT2D eigenvalue weighted by molar-refractivity contribution is -0.148. The Hall–Kier alpha value is -2.77. The molecule has 8 nitrogen and oxygen atoms in total. The van der Waals surface area contributed by atoms with Crippen molar-refractivity contribution in [2.75, 3.05) is 13.2 Å². The van der Waals surface area contributed by atoms with Gasteiger partial charge in [-0.1, -0.05) is 5.16 Å². The zero-order chi connectivity index (χ0) is 18.5. The molecular weight excluding hydrogens is 336 g/mol. The van der Waals surface area contributed by atoms with Crippen molar-refractivity contribution < 1.29 is 18.8 Å². The number of nitrogens with zero attached hydrogens (tertiary/aromatic N) is 4. The van der Waals surface area contributed by atoms with Gasteiger partial charge in [-0.25, -0.2) is 0 Å². The van der Waals surface area contributed by atoms with Crippen LogP contribution in [-0.2, 0) is 20.7 Å². The maximum Gasteiger partial charge on any atom is 0.311 e. The van der Waals surface area contributed by atoms with Gasteiger partial charge in [0.25, 0.3) is 0 Å². The van der Waals surface area contributed by atoms with Crippen molar-refractivity contribution in [1.82, 2.24) is 20.0 Å². The van der Waals surface area contributed by atoms with E-state index in [1.807, 2.05) is 19.9 Å². The highest BCUT2D eigenvalue weighted by Crippen LogP contribution is 2.21. The third-order valence-electron chi connectivity index (χ3n) is 4.28. The molecule has 1 aliphatic heterocycles. The quantitative estimate of drug-likeness (QED) is 0.550. The van der Waals surface area contributed by atoms with Gasteiger partial charge in [-0.15, -0.1) is 0 Å². The summed E-state index contributed by atoms with van der Waals surface area (Å²) >= 11 is 0. The summed E-state index contributed by atoms with van der Waals surface area (Å²) in [5.74, 6) is 0.301. The number of likely N-dealkylation sites (tertiary alicyclic amines) is 1. The smallest absolute Gasteiger partial charge is 0.311 e. The second-order valence-corrected chi connectivity index (χ2v) is 6.57. The molecular formula is C18H22N4O4. The van der Waals surface area contributed by atoms with E-state index in [0.29, 0.717) is 31.1 Å². The van der Waals surface area contributed by atoms with Crippen LogP contribution in [0, 0.1) is 5.92 Å². The Morgan fingerprint density at radius 1 is 1.46 bits per heavy atom. The molecule has 0 aromatic carbocycles. The number of esters is 1. The van der Waals surface area contributed by atoms with Crippen molar-refractivity contribution in [3.8, 4) is 11.4 Å². The Balaban J connectivity index is 1.41. The molecule has 1 aliphatic rings. The number of pyridine rings is 1. The van der Waals surface area contributed by atoms with Crippen LogP contribution < -0.4 is 0 Å². The third-order valence-corrected chi connectivity index (χ3v) is 4.28. The normalized spacial score (nSPS) is 17.1. The number of amides is 1. The van der Waals surface area contributed by atoms with Gasteiger partial charge in [0.15, 0.2) is 0 Å². The van der Waals surface area contributed by atoms with Gasteiger partial charge in [-0.3, -0.25) is 14.6 Å². The molecule has 0 saturated carbocycles. The molecule has 0 bridgehead atoms. The highest BCUT2D eigenvalue weighted by atomic mass is 16.5. The Morgan fingerprint density at radius 3 is 3.00 bits per heavy atom. The predicted molar refractivity (Wildman–Crippen MR) is 91.8 cm³/mol. The number of rotatable bonds is 7. The van der Waals surface area contributed by atoms with Crippen LogP contribution in [0.5, 0.6) is 0 Å². The zero-order valence-electron chi connectivity index (χ0n) is 14.9. The molecule has 2 aromatic rings. The van der Waals surface area contributed by atoms with Crippen LogP contribution in [0.4, 0.5) is 0 Å². The first-order chi connectivity index (χ1) is 12.5. The average molecular weight is 358 g/mol. The summed E-state index contributed by atoms with van der Waals surface area (Å²) in [6.07, 6.45) is 4.67. The Labute approximate surface area is 151 Å². The summed E-state index contributed by atoms with van der Waals surface area (Å²) < 4.78 is 10.5. The maximum absolute atomic E-state index is 12.1. The molecule has 2 aromatic heterocycles. The number of hydrogen-bond donors (Lipinski definition) is 0. The topological polar surface area (TPSA) is 98.4 Å². The second-order valence-electron chi connectivity index (χ2n) is 6.57. The first kappa shape index (κ1) is 18.0. The molecule has 0 N–H and O–H groups in total. The Kier molecular flexibility index (Phi) is 5.60. The monoisotopic (exact) mass is 358 g/mol. The summed E-state index contributed by atoms with van der Waals surface area (Å²) in [7, 11) is 0. The van der Waals surface area contributed by atoms with Crippen molar-refractivity contribution in [2.45, 2.75) is 39.2 Å². The Bertz CT molecular complexity index is 760. The largest absolute Gasteiger partial charge is 0.465 e. The summed E-state index contributed by atoms with van der Waals surface area (Å²) in [6, 6.07) is 3.76. The lowest BCUT2D eigenvalue weighted by Gasteiger charge is -2.20. The van der Waals surface area contributed by atoms with Gasteiger partial charge in [0.05, 0.1) is 12.5 Å². The number of carbonyl (C=O) groups is 2. The van der Waals surface area contributed by atoms with Crippen LogP contribution in [0.1, 0.15) is 32.6 Å². The molecule has 0 radical (unpaired) electrons. The van der Waals surface area contributed by atoms with Crippen molar-refractivity contribution in [2.24, 2.45) is 5.92 Å². The number of ether oxygens (including phenoxy) is 1. The van der Waals surface area contributed by atoms with Crippen LogP contribution in [-0.4, -0.2) is 51.1 Å². The molecule has 1 amide bonds. The average Bonchev–Trinajstić information content (AvgIpc) is 3.26. The molecule has 1 unspecified atom stereocenters. The molecule has 0 aliphatic carbocycles. The van der Waals surface area contributed by atoms with Gasteiger partial charge >= 0.3 is 5.97 Å². The van der Waals surface area contributed by atoms with Gasteiger partial charge in [-0.2, -0.15) is 4.98 Å². The van der Waals surface area contributed by atoms with Gasteiger partial charge in [0.1, 0.15) is 0 Å². The van der Waals surface area contributed by atoms with Gasteiger partial charge in [0.2, 0.25) is 17.6 Å². The van der Waals surface area contributed by atoms with E-state index in [1.54, 1.807) is 23.4 Å². The van der Waals surface area contributed by atoms with E-state index in [1.165, 1.54) is 0 Å². The fourth-order valence-electron chi connectivity index (χ4n) is 2.87. The molecule has 1 fully saturated rings. The maximum atomic E-state index is 12.1. The number of aromatic nitrogens is 3. The third kappa shape index (κ3) is 4.25. The predicted octanol–water partition coefficient (Wildman–Crippen LogP) is 1.86. The van der Waals surface area contributed by atoms with E-state index in [2.05, 4.69) is 15.1 Å². The molecule has 3 heterocycles. The lowest BCUT2D eigenvalue weighted by atomic mass is 10.1. The summed E-state index contributed by atoms with van der Waals surface area (Å²) in [5, 5.41) is 3.92. The van der Waals surface area contributed by atoms with Gasteiger partial charge < -0.3 is 14.2 Å². The first-order valence-corrected chi connectivity index (χ1v) is 8.73. The van der Waals surface area contributed by atoms with Crippen LogP contribution in [0.25, 0.3) is 11.4 Å². The van der Waals surface area contributed by atoms with Crippen molar-refractivity contribution >= 4 is 11.9 Å². The Morgan fingerprint density at radius 2 is 2.31 bits per heavy atom. The van der Waals surface area contributed by atoms with E-state index >= 15 is 0 Å². The molecule has 26 heavy (non-hydrogen) atoms. The fraction of sp³-hybridized carbons (Fsp3) is 0.500. The minimum absolute atomic E-state index is 0.00995. The summed E-state index contributed by atoms with van der Waals surface area (Å²) in [4.78, 5) is 34.0. The van der Waals surface area contributed by atoms with Crippen LogP contribution in [0.15, 0.2) is 29.0 Å². The van der Waals surface area contributed by atoms with Crippen molar-refractivity contribution in [3.05, 3.63) is 30.4 Å². The van der Waals surface area contributed by atoms with Crippen molar-refractivity contribution in [3.63, 3.8) is 0 Å². The minimum Gasteiger partial charge on any atom is -0.465 e. The molecule has 138 valence electrons. The molecule has 1 saturated heterocycles. The van der Waals surface area contributed by atoms with E-state index in [4.69, 9.17) is 9.26 Å². The van der Waals surface area contributed by atoms with Crippen LogP contribution in [0.2, 0.25) is 0 Å². The number of aryl methyl sites for hydroxylation is 1. The molecule has 8 heteroatoms. The standard InChI is InChI=1S/C18H22N4O4/c1-12(2)22-11-14(9-16(22)23)18(24)25-8-4-6-15-20-17(21-26-15)13-5-3-7-19-10-13/h3,5,7,10,12,14H,4,6,8-9,11H2,1-2H3. The fourth-order valence-corrected chi connectivity index (χ4v) is 2.87. The summed E-state index contributed by atoms with van der Waals surface area (Å²) in [6.45, 7) is 4.58. The first-order valence-electron chi connectivity index (χ1n) is 8.73. The second kappa shape index (κ2) is 8.07. The highest BCUT2D eigenvalue weighted by Gasteiger charge is 2.36. The van der Waals surface area contributed by atoms with E-state index in [9.17, 15) is 9.59 Å². The van der Waals surface area contributed by atoms with E-state index in [-0.39, 0.29) is 36.9 Å². The molecule has 1 atom stereocenters. The van der Waals surface area contributed by atoms with Crippen molar-refractivity contribution in [1.29, 1.82) is 0 Å². The molecule has 3 rings (SSSR count). The summed E-state index contributed by atoms with van der Waals surface area (Å²) in [5.41, 5.74) is 0.787. The van der Waals surface area contributed by atoms with E-state index in [0.717, 1.165) is 5.56 Å².